The highest BCUT2D eigenvalue weighted by Crippen LogP contribution is 2.28. The summed E-state index contributed by atoms with van der Waals surface area (Å²) in [5.41, 5.74) is 1.31. The number of ether oxygens (including phenoxy) is 3. The van der Waals surface area contributed by atoms with Gasteiger partial charge in [-0.25, -0.2) is 13.5 Å². The average Bonchev–Trinajstić information content (AvgIpc) is 3.16. The van der Waals surface area contributed by atoms with E-state index in [1.807, 2.05) is 0 Å². The lowest BCUT2D eigenvalue weighted by molar-refractivity contribution is -0.176. The van der Waals surface area contributed by atoms with Crippen LogP contribution in [0.15, 0.2) is 24.3 Å². The highest BCUT2D eigenvalue weighted by molar-refractivity contribution is 5.92. The number of nitrogens with one attached hydrogen (secondary N) is 1. The highest BCUT2D eigenvalue weighted by atomic mass is 19.4. The van der Waals surface area contributed by atoms with Gasteiger partial charge in [0.2, 0.25) is 5.88 Å². The number of rotatable bonds is 6. The first kappa shape index (κ1) is 22.3. The van der Waals surface area contributed by atoms with Gasteiger partial charge in [0.1, 0.15) is 19.0 Å². The molecular formula is C20H20F5N3O4. The molecule has 1 amide bonds. The Morgan fingerprint density at radius 3 is 2.88 bits per heavy atom. The normalized spacial score (nSPS) is 20.2. The summed E-state index contributed by atoms with van der Waals surface area (Å²) in [5.74, 6) is 0.185. The summed E-state index contributed by atoms with van der Waals surface area (Å²) in [7, 11) is 0. The van der Waals surface area contributed by atoms with Crippen molar-refractivity contribution in [1.82, 2.24) is 15.1 Å². The topological polar surface area (TPSA) is 74.6 Å². The van der Waals surface area contributed by atoms with Gasteiger partial charge in [0.25, 0.3) is 12.3 Å². The third-order valence-electron chi connectivity index (χ3n) is 5.06. The molecule has 1 unspecified atom stereocenters. The second-order valence-electron chi connectivity index (χ2n) is 7.61. The van der Waals surface area contributed by atoms with E-state index < -0.39 is 37.3 Å². The van der Waals surface area contributed by atoms with Crippen molar-refractivity contribution in [2.45, 2.75) is 50.7 Å². The van der Waals surface area contributed by atoms with Crippen LogP contribution in [-0.2, 0) is 24.3 Å². The lowest BCUT2D eigenvalue weighted by Crippen LogP contribution is -2.43. The van der Waals surface area contributed by atoms with Crippen molar-refractivity contribution in [3.63, 3.8) is 0 Å². The number of hydrogen-bond acceptors (Lipinski definition) is 5. The van der Waals surface area contributed by atoms with Gasteiger partial charge >= 0.3 is 6.18 Å². The SMILES string of the molecule is O=C(N[C@H]1COc2ccc(COCC(F)(F)F)cc2C1)c1cc2n(n1)CCC(C(F)F)O2. The number of carbonyl (C=O) groups excluding carboxylic acids is 1. The van der Waals surface area contributed by atoms with E-state index in [2.05, 4.69) is 15.2 Å². The predicted octanol–water partition coefficient (Wildman–Crippen LogP) is 3.11. The number of amides is 1. The van der Waals surface area contributed by atoms with Gasteiger partial charge < -0.3 is 19.5 Å². The average molecular weight is 461 g/mol. The third kappa shape index (κ3) is 5.29. The molecule has 0 saturated heterocycles. The Bertz CT molecular complexity index is 979. The molecule has 0 aliphatic carbocycles. The predicted molar refractivity (Wildman–Crippen MR) is 99.9 cm³/mol. The Hall–Kier alpha value is -2.89. The van der Waals surface area contributed by atoms with Gasteiger partial charge in [-0.2, -0.15) is 18.3 Å². The van der Waals surface area contributed by atoms with Crippen LogP contribution in [0.1, 0.15) is 28.0 Å². The fraction of sp³-hybridized carbons (Fsp3) is 0.500. The maximum Gasteiger partial charge on any atom is 0.411 e. The number of hydrogen-bond donors (Lipinski definition) is 1. The van der Waals surface area contributed by atoms with E-state index >= 15 is 0 Å². The lowest BCUT2D eigenvalue weighted by atomic mass is 10.0. The number of aryl methyl sites for hydroxylation is 1. The number of nitrogens with zero attached hydrogens (tertiary/aromatic N) is 2. The van der Waals surface area contributed by atoms with Gasteiger partial charge in [-0.1, -0.05) is 6.07 Å². The van der Waals surface area contributed by atoms with E-state index in [0.29, 0.717) is 17.7 Å². The maximum absolute atomic E-state index is 12.9. The van der Waals surface area contributed by atoms with Gasteiger partial charge in [-0.15, -0.1) is 0 Å². The molecule has 2 aliphatic rings. The van der Waals surface area contributed by atoms with Crippen LogP contribution in [0.2, 0.25) is 0 Å². The summed E-state index contributed by atoms with van der Waals surface area (Å²) in [5, 5.41) is 6.89. The summed E-state index contributed by atoms with van der Waals surface area (Å²) in [6.07, 6.45) is -7.77. The van der Waals surface area contributed by atoms with E-state index in [4.69, 9.17) is 9.47 Å². The zero-order chi connectivity index (χ0) is 22.9. The number of aromatic nitrogens is 2. The van der Waals surface area contributed by atoms with Gasteiger partial charge in [0.05, 0.1) is 12.6 Å². The molecule has 32 heavy (non-hydrogen) atoms. The first-order valence-electron chi connectivity index (χ1n) is 9.90. The Morgan fingerprint density at radius 1 is 1.31 bits per heavy atom. The molecule has 2 atom stereocenters. The van der Waals surface area contributed by atoms with Crippen molar-refractivity contribution in [2.24, 2.45) is 0 Å². The summed E-state index contributed by atoms with van der Waals surface area (Å²) in [6.45, 7) is -1.13. The van der Waals surface area contributed by atoms with E-state index in [-0.39, 0.29) is 37.8 Å². The summed E-state index contributed by atoms with van der Waals surface area (Å²) in [4.78, 5) is 12.6. The quantitative estimate of drug-likeness (QED) is 0.670. The largest absolute Gasteiger partial charge is 0.491 e. The van der Waals surface area contributed by atoms with E-state index in [1.54, 1.807) is 18.2 Å². The Balaban J connectivity index is 1.36. The number of halogens is 5. The molecule has 2 aromatic rings. The van der Waals surface area contributed by atoms with Crippen molar-refractivity contribution >= 4 is 5.91 Å². The van der Waals surface area contributed by atoms with Crippen LogP contribution < -0.4 is 14.8 Å². The third-order valence-corrected chi connectivity index (χ3v) is 5.06. The number of carbonyl (C=O) groups is 1. The molecule has 174 valence electrons. The number of alkyl halides is 5. The zero-order valence-electron chi connectivity index (χ0n) is 16.7. The monoisotopic (exact) mass is 461 g/mol. The van der Waals surface area contributed by atoms with Crippen molar-refractivity contribution in [3.05, 3.63) is 41.1 Å². The van der Waals surface area contributed by atoms with E-state index in [9.17, 15) is 26.7 Å². The van der Waals surface area contributed by atoms with Crippen LogP contribution in [0, 0.1) is 0 Å². The summed E-state index contributed by atoms with van der Waals surface area (Å²) in [6, 6.07) is 5.86. The maximum atomic E-state index is 12.9. The molecule has 1 aromatic carbocycles. The van der Waals surface area contributed by atoms with Crippen molar-refractivity contribution < 1.29 is 41.0 Å². The second-order valence-corrected chi connectivity index (χ2v) is 7.61. The van der Waals surface area contributed by atoms with Crippen LogP contribution in [0.3, 0.4) is 0 Å². The van der Waals surface area contributed by atoms with Crippen LogP contribution in [0.4, 0.5) is 22.0 Å². The molecule has 0 saturated carbocycles. The molecular weight excluding hydrogens is 441 g/mol. The molecule has 12 heteroatoms. The smallest absolute Gasteiger partial charge is 0.411 e. The molecule has 1 N–H and O–H groups in total. The Labute approximate surface area is 179 Å². The van der Waals surface area contributed by atoms with E-state index in [0.717, 1.165) is 5.56 Å². The minimum absolute atomic E-state index is 0.0371. The number of benzene rings is 1. The van der Waals surface area contributed by atoms with Gasteiger partial charge in [-0.05, 0) is 29.7 Å². The van der Waals surface area contributed by atoms with Gasteiger partial charge in [0, 0.05) is 19.0 Å². The minimum Gasteiger partial charge on any atom is -0.491 e. The van der Waals surface area contributed by atoms with Crippen molar-refractivity contribution in [3.8, 4) is 11.6 Å². The molecule has 2 aliphatic heterocycles. The minimum atomic E-state index is -4.40. The van der Waals surface area contributed by atoms with Gasteiger partial charge in [0.15, 0.2) is 11.8 Å². The van der Waals surface area contributed by atoms with E-state index in [1.165, 1.54) is 10.7 Å². The molecule has 4 rings (SSSR count). The molecule has 3 heterocycles. The molecule has 0 radical (unpaired) electrons. The summed E-state index contributed by atoms with van der Waals surface area (Å²) >= 11 is 0. The first-order chi connectivity index (χ1) is 15.2. The second kappa shape index (κ2) is 8.93. The molecule has 7 nitrogen and oxygen atoms in total. The lowest BCUT2D eigenvalue weighted by Gasteiger charge is -2.26. The van der Waals surface area contributed by atoms with Crippen LogP contribution >= 0.6 is 0 Å². The van der Waals surface area contributed by atoms with Crippen molar-refractivity contribution in [1.29, 1.82) is 0 Å². The first-order valence-corrected chi connectivity index (χ1v) is 9.90. The molecule has 0 spiro atoms. The van der Waals surface area contributed by atoms with Crippen LogP contribution in [0.5, 0.6) is 11.6 Å². The number of fused-ring (bicyclic) bond motifs is 2. The van der Waals surface area contributed by atoms with Crippen LogP contribution in [-0.4, -0.2) is 53.6 Å². The van der Waals surface area contributed by atoms with Gasteiger partial charge in [-0.3, -0.25) is 4.79 Å². The fourth-order valence-electron chi connectivity index (χ4n) is 3.58. The van der Waals surface area contributed by atoms with Crippen molar-refractivity contribution in [2.75, 3.05) is 13.2 Å². The highest BCUT2D eigenvalue weighted by Gasteiger charge is 2.31. The molecule has 0 fully saturated rings. The van der Waals surface area contributed by atoms with Crippen LogP contribution in [0.25, 0.3) is 0 Å². The molecule has 1 aromatic heterocycles. The Morgan fingerprint density at radius 2 is 2.12 bits per heavy atom. The Kier molecular flexibility index (Phi) is 6.22. The zero-order valence-corrected chi connectivity index (χ0v) is 16.7. The summed E-state index contributed by atoms with van der Waals surface area (Å²) < 4.78 is 79.3. The fourth-order valence-corrected chi connectivity index (χ4v) is 3.58. The standard InChI is InChI=1S/C20H20F5N3O4/c21-18(22)16-3-4-28-17(32-16)7-14(27-28)19(29)26-13-6-12-5-11(1-2-15(12)31-9-13)8-30-10-20(23,24)25/h1-2,5,7,13,16,18H,3-4,6,8-10H2,(H,26,29)/t13-,16?/m1/s1. The molecule has 0 bridgehead atoms.